The Hall–Kier alpha value is -9.16. The maximum Gasteiger partial charge on any atom is 0.330 e. The molecular formula is C112H166O38. The lowest BCUT2D eigenvalue weighted by Crippen LogP contribution is -2.56. The van der Waals surface area contributed by atoms with E-state index in [1.165, 1.54) is 27.4 Å². The van der Waals surface area contributed by atoms with E-state index < -0.39 is 274 Å². The number of epoxide rings is 1. The van der Waals surface area contributed by atoms with Crippen LogP contribution in [0.1, 0.15) is 183 Å². The van der Waals surface area contributed by atoms with Crippen molar-refractivity contribution in [1.82, 2.24) is 0 Å². The molecule has 0 aromatic rings. The zero-order valence-electron chi connectivity index (χ0n) is 87.3. The van der Waals surface area contributed by atoms with Crippen LogP contribution in [-0.2, 0) is 76.1 Å². The number of aliphatic hydroxyl groups excluding tert-OH is 16. The van der Waals surface area contributed by atoms with E-state index in [0.717, 1.165) is 0 Å². The molecule has 38 nitrogen and oxygen atoms in total. The molecule has 4 saturated heterocycles. The summed E-state index contributed by atoms with van der Waals surface area (Å²) in [6, 6.07) is 0. The molecule has 7 aliphatic rings. The predicted molar refractivity (Wildman–Crippen MR) is 554 cm³/mol. The minimum absolute atomic E-state index is 0.0543. The standard InChI is InChI=1S/2C42H64O14.C28H38O10/c1-27-17-15-13-11-9-7-5-6-8-10-12-14-16-18-33(54-4)24-37-39(41(51)52)36(48)26-42(53,56-37)25-32(45)22-35(47)34(46)20-19-30(43)21-31(44)23-38(49)55-29(3)28(2)40(27)50;1-27-17-15-13-11-9-7-5-6-8-10-12-14-16-18-33(54-4)24-37-39(41(51)52)36(48)26-42(53,56-37)25-35(47)34(46)20-19-30(43)21-31(44)22-32(45)23-38(49)55-29(3)28(2)40(27)50;1-18-10-8-6-4-3-5-7-9-11-20(35-2)15-24-26(27(32)33)21(30)17-28(34,38-24)16-19(29)14-23-22(37-23)12-13-25(31)36-18/h2*5-18,27-37,39-40,43-48,50,53H,19-26H2,1-4H3,(H,51,52);3-9,11-13,18-24,26,29-30,34H,10,14-17H2,1-2H3,(H,32,33)/b2*6-5+,9-7+,10-8+,13-11+,14-12+,17-15+,18-16+;4-3+,7-5+,8-6+,11-9+,13-12+/t27-,28-,29-,30+,31+,32-,33-,34+,35+,36-,37-,39+,40+,42+;27-,28-,29-,30+,31+,32+,33-,34+,35+,36-,37-,39+,40+,42+;18-,19+,20+,21+,22-,23-,24+,26-,28-/m001/s1. The Kier molecular flexibility index (Phi) is 60.3. The quantitative estimate of drug-likeness (QED) is 0.0719. The van der Waals surface area contributed by atoms with Crippen molar-refractivity contribution in [2.75, 3.05) is 21.3 Å². The monoisotopic (exact) mass is 2120 g/mol. The van der Waals surface area contributed by atoms with Crippen LogP contribution < -0.4 is 0 Å². The van der Waals surface area contributed by atoms with Crippen LogP contribution in [-0.4, -0.2) is 352 Å². The molecule has 37 atom stereocenters. The first-order valence-electron chi connectivity index (χ1n) is 51.3. The Labute approximate surface area is 879 Å². The van der Waals surface area contributed by atoms with E-state index in [1.54, 1.807) is 126 Å². The number of esters is 3. The van der Waals surface area contributed by atoms with Crippen LogP contribution in [0.2, 0.25) is 0 Å². The SMILES string of the molecule is CO[C@H]1/C=C/C=C/C=C/C=C/C=C/C=C/C=C/[C@H](C)[C@@H](O)[C@@H](C)[C@H](C)OC(=O)C[C@H](O)C[C@H](O)CC[C@@H](O)[C@H](O)C[C@H](O)C[C@]2(O)C[C@H](O)[C@@H](C(=O)O)[C@H](C1)O2.CO[C@H]1/C=C/C=C/C=C/C=C/C=C/C=C/C=C/[C@H](C)[C@@H](O)[C@@H](C)[C@H](C)OC(=O)C[C@H](O)C[C@H](O)C[C@H](O)CC[C@@H](O)[C@H](O)C[C@]2(O)C[C@H](O)[C@@H](C(=O)O)[C@H](C1)O2.CO[C@H]1/C=C/C=C/C=C/C=C/C[C@@H](C)OC(=O)/C=C/[C@H]2O[C@@H]2C[C@H](O)C[C@]2(O)C[C@H](O)[C@@H](C(=O)O)[C@H](C1)O2. The van der Waals surface area contributed by atoms with Gasteiger partial charge in [-0.1, -0.05) is 246 Å². The summed E-state index contributed by atoms with van der Waals surface area (Å²) in [4.78, 5) is 73.2. The van der Waals surface area contributed by atoms with Crippen molar-refractivity contribution < 1.29 is 188 Å². The van der Waals surface area contributed by atoms with E-state index in [0.29, 0.717) is 6.42 Å². The van der Waals surface area contributed by atoms with Crippen LogP contribution in [0.5, 0.6) is 0 Å². The summed E-state index contributed by atoms with van der Waals surface area (Å²) in [5, 5.41) is 233. The highest BCUT2D eigenvalue weighted by molar-refractivity contribution is 5.82. The number of carbonyl (C=O) groups excluding carboxylic acids is 3. The van der Waals surface area contributed by atoms with Crippen molar-refractivity contribution in [2.45, 2.75) is 365 Å². The molecule has 0 saturated carbocycles. The first-order chi connectivity index (χ1) is 71.0. The Morgan fingerprint density at radius 2 is 0.607 bits per heavy atom. The van der Waals surface area contributed by atoms with Gasteiger partial charge in [-0.3, -0.25) is 24.0 Å². The first-order valence-corrected chi connectivity index (χ1v) is 51.3. The molecule has 0 unspecified atom stereocenters. The van der Waals surface area contributed by atoms with E-state index in [-0.39, 0.29) is 114 Å². The van der Waals surface area contributed by atoms with Gasteiger partial charge >= 0.3 is 35.8 Å². The second-order valence-corrected chi connectivity index (χ2v) is 39.7. The van der Waals surface area contributed by atoms with E-state index in [9.17, 15) is 141 Å². The van der Waals surface area contributed by atoms with Gasteiger partial charge < -0.3 is 160 Å². The minimum Gasteiger partial charge on any atom is -0.481 e. The smallest absolute Gasteiger partial charge is 0.330 e. The molecular weight excluding hydrogens is 1950 g/mol. The number of carboxylic acid groups (broad SMARTS) is 3. The number of rotatable bonds is 6. The zero-order chi connectivity index (χ0) is 111. The molecule has 7 heterocycles. The van der Waals surface area contributed by atoms with Gasteiger partial charge in [-0.25, -0.2) is 4.79 Å². The fraction of sp³-hybridized carbons (Fsp3) is 0.607. The Morgan fingerprint density at radius 1 is 0.307 bits per heavy atom. The summed E-state index contributed by atoms with van der Waals surface area (Å²) < 4.78 is 55.6. The maximum absolute atomic E-state index is 12.5. The predicted octanol–water partition coefficient (Wildman–Crippen LogP) is 7.05. The maximum atomic E-state index is 12.5. The number of carbonyl (C=O) groups is 6. The van der Waals surface area contributed by atoms with Gasteiger partial charge in [0.05, 0.1) is 153 Å². The molecule has 7 aliphatic heterocycles. The zero-order valence-corrected chi connectivity index (χ0v) is 87.3. The Bertz CT molecular complexity index is 4610. The summed E-state index contributed by atoms with van der Waals surface area (Å²) >= 11 is 0. The van der Waals surface area contributed by atoms with Gasteiger partial charge in [-0.15, -0.1) is 0 Å². The van der Waals surface area contributed by atoms with Crippen molar-refractivity contribution in [2.24, 2.45) is 41.4 Å². The average molecular weight is 2120 g/mol. The number of allylic oxidation sites excluding steroid dienone is 30. The Morgan fingerprint density at radius 3 is 0.953 bits per heavy atom. The number of fused-ring (bicyclic) bond motifs is 7. The molecule has 22 N–H and O–H groups in total. The van der Waals surface area contributed by atoms with Crippen LogP contribution in [0.15, 0.2) is 231 Å². The highest BCUT2D eigenvalue weighted by atomic mass is 16.7. The van der Waals surface area contributed by atoms with Gasteiger partial charge in [-0.05, 0) is 71.8 Å². The molecule has 6 bridgehead atoms. The van der Waals surface area contributed by atoms with Crippen LogP contribution in [0.4, 0.5) is 0 Å². The number of aliphatic hydroxyl groups is 19. The van der Waals surface area contributed by atoms with E-state index in [4.69, 9.17) is 47.4 Å². The lowest BCUT2D eigenvalue weighted by atomic mass is 9.82. The van der Waals surface area contributed by atoms with Crippen molar-refractivity contribution in [3.8, 4) is 0 Å². The molecule has 0 spiro atoms. The van der Waals surface area contributed by atoms with Crippen molar-refractivity contribution in [3.63, 3.8) is 0 Å². The number of ether oxygens (including phenoxy) is 10. The Balaban J connectivity index is 0.000000403. The number of hydrogen-bond donors (Lipinski definition) is 22. The summed E-state index contributed by atoms with van der Waals surface area (Å²) in [6.45, 7) is 12.3. The van der Waals surface area contributed by atoms with Crippen LogP contribution >= 0.6 is 0 Å². The topological polar surface area (TPSA) is 643 Å². The second kappa shape index (κ2) is 68.9. The average Bonchev–Trinajstić information content (AvgIpc) is 0.868. The lowest BCUT2D eigenvalue weighted by molar-refractivity contribution is -0.303. The molecule has 842 valence electrons. The van der Waals surface area contributed by atoms with Gasteiger partial charge in [0, 0.05) is 128 Å². The van der Waals surface area contributed by atoms with E-state index in [1.807, 2.05) is 148 Å². The highest BCUT2D eigenvalue weighted by Crippen LogP contribution is 2.43. The number of cyclic esters (lactones) is 3. The van der Waals surface area contributed by atoms with Gasteiger partial charge in [0.2, 0.25) is 0 Å². The van der Waals surface area contributed by atoms with Gasteiger partial charge in [0.25, 0.3) is 0 Å². The summed E-state index contributed by atoms with van der Waals surface area (Å²) in [7, 11) is 4.31. The first kappa shape index (κ1) is 131. The van der Waals surface area contributed by atoms with Crippen molar-refractivity contribution in [3.05, 3.63) is 231 Å². The fourth-order valence-electron chi connectivity index (χ4n) is 18.1. The highest BCUT2D eigenvalue weighted by Gasteiger charge is 2.54. The third-order valence-corrected chi connectivity index (χ3v) is 26.9. The normalized spacial score (nSPS) is 42.8. The molecule has 0 aromatic carbocycles. The van der Waals surface area contributed by atoms with Crippen molar-refractivity contribution in [1.29, 1.82) is 0 Å². The number of hydrogen-bond acceptors (Lipinski definition) is 35. The summed E-state index contributed by atoms with van der Waals surface area (Å²) in [5.74, 6) is -17.6. The molecule has 0 aliphatic carbocycles. The fourth-order valence-corrected chi connectivity index (χ4v) is 18.1. The van der Waals surface area contributed by atoms with Crippen LogP contribution in [0, 0.1) is 41.4 Å². The molecule has 0 amide bonds. The minimum atomic E-state index is -2.20. The number of methoxy groups -OCH3 is 3. The van der Waals surface area contributed by atoms with E-state index >= 15 is 0 Å². The largest absolute Gasteiger partial charge is 0.481 e. The van der Waals surface area contributed by atoms with Crippen LogP contribution in [0.3, 0.4) is 0 Å². The molecule has 0 aromatic heterocycles. The van der Waals surface area contributed by atoms with Gasteiger partial charge in [-0.2, -0.15) is 0 Å². The third kappa shape index (κ3) is 50.4. The molecule has 7 rings (SSSR count). The van der Waals surface area contributed by atoms with Crippen molar-refractivity contribution >= 4 is 35.8 Å². The third-order valence-electron chi connectivity index (χ3n) is 26.9. The second-order valence-electron chi connectivity index (χ2n) is 39.7. The molecule has 150 heavy (non-hydrogen) atoms. The molecule has 4 fully saturated rings. The summed E-state index contributed by atoms with van der Waals surface area (Å²) in [6.07, 6.45) is 34.7. The molecule has 0 radical (unpaired) electrons. The molecule has 38 heteroatoms. The lowest BCUT2D eigenvalue weighted by Gasteiger charge is -2.44. The van der Waals surface area contributed by atoms with Gasteiger partial charge in [0.15, 0.2) is 17.4 Å². The van der Waals surface area contributed by atoms with Gasteiger partial charge in [0.1, 0.15) is 42.2 Å². The summed E-state index contributed by atoms with van der Waals surface area (Å²) in [5.41, 5.74) is 0. The number of aliphatic carboxylic acids is 3. The van der Waals surface area contributed by atoms with E-state index in [2.05, 4.69) is 0 Å². The van der Waals surface area contributed by atoms with Crippen LogP contribution in [0.25, 0.3) is 0 Å². The number of carboxylic acids is 3.